The Balaban J connectivity index is 2.16. The monoisotopic (exact) mass is 294 g/mol. The van der Waals surface area contributed by atoms with E-state index in [9.17, 15) is 0 Å². The van der Waals surface area contributed by atoms with Crippen LogP contribution >= 0.6 is 23.2 Å². The zero-order valence-corrected chi connectivity index (χ0v) is 12.6. The minimum Gasteiger partial charge on any atom is -0.489 e. The van der Waals surface area contributed by atoms with Gasteiger partial charge in [-0.15, -0.1) is 11.6 Å². The third-order valence-corrected chi connectivity index (χ3v) is 3.58. The Morgan fingerprint density at radius 1 is 1.00 bits per heavy atom. The Morgan fingerprint density at radius 2 is 1.79 bits per heavy atom. The van der Waals surface area contributed by atoms with E-state index in [1.54, 1.807) is 0 Å². The molecular formula is C16H16Cl2O. The molecule has 2 rings (SSSR count). The van der Waals surface area contributed by atoms with Gasteiger partial charge in [-0.05, 0) is 43.2 Å². The molecule has 19 heavy (non-hydrogen) atoms. The summed E-state index contributed by atoms with van der Waals surface area (Å²) in [4.78, 5) is 0. The van der Waals surface area contributed by atoms with Gasteiger partial charge in [0.2, 0.25) is 0 Å². The zero-order chi connectivity index (χ0) is 13.8. The predicted octanol–water partition coefficient (Wildman–Crippen LogP) is 5.27. The molecule has 0 fully saturated rings. The van der Waals surface area contributed by atoms with Crippen molar-refractivity contribution in [2.45, 2.75) is 26.3 Å². The second-order valence-electron chi connectivity index (χ2n) is 4.60. The number of hydrogen-bond acceptors (Lipinski definition) is 1. The summed E-state index contributed by atoms with van der Waals surface area (Å²) in [6.07, 6.45) is 0. The lowest BCUT2D eigenvalue weighted by molar-refractivity contribution is 0.303. The predicted molar refractivity (Wildman–Crippen MR) is 81.3 cm³/mol. The number of halogens is 2. The van der Waals surface area contributed by atoms with Crippen LogP contribution in [0.3, 0.4) is 0 Å². The second-order valence-corrected chi connectivity index (χ2v) is 5.31. The molecule has 0 saturated carbocycles. The van der Waals surface area contributed by atoms with Crippen molar-refractivity contribution in [1.82, 2.24) is 0 Å². The van der Waals surface area contributed by atoms with Gasteiger partial charge in [0.05, 0.1) is 5.88 Å². The van der Waals surface area contributed by atoms with Gasteiger partial charge in [0.25, 0.3) is 0 Å². The fourth-order valence-corrected chi connectivity index (χ4v) is 2.31. The molecule has 0 bridgehead atoms. The van der Waals surface area contributed by atoms with Crippen molar-refractivity contribution in [3.8, 4) is 5.75 Å². The van der Waals surface area contributed by atoms with Gasteiger partial charge in [-0.1, -0.05) is 35.4 Å². The summed E-state index contributed by atoms with van der Waals surface area (Å²) in [5.41, 5.74) is 4.57. The topological polar surface area (TPSA) is 9.23 Å². The van der Waals surface area contributed by atoms with E-state index < -0.39 is 0 Å². The van der Waals surface area contributed by atoms with E-state index in [0.29, 0.717) is 17.5 Å². The molecule has 0 saturated heterocycles. The first-order valence-corrected chi connectivity index (χ1v) is 7.04. The Bertz CT molecular complexity index is 579. The third-order valence-electron chi connectivity index (χ3n) is 3.05. The maximum atomic E-state index is 5.94. The van der Waals surface area contributed by atoms with Gasteiger partial charge in [-0.2, -0.15) is 0 Å². The van der Waals surface area contributed by atoms with Crippen LogP contribution in [0.15, 0.2) is 36.4 Å². The minimum atomic E-state index is 0.392. The van der Waals surface area contributed by atoms with Gasteiger partial charge < -0.3 is 4.74 Å². The van der Waals surface area contributed by atoms with Gasteiger partial charge in [-0.3, -0.25) is 0 Å². The molecule has 0 amide bonds. The molecule has 0 N–H and O–H groups in total. The van der Waals surface area contributed by atoms with Crippen LogP contribution in [0.2, 0.25) is 5.02 Å². The number of hydrogen-bond donors (Lipinski definition) is 0. The van der Waals surface area contributed by atoms with Crippen LogP contribution in [-0.4, -0.2) is 0 Å². The highest BCUT2D eigenvalue weighted by Crippen LogP contribution is 2.25. The summed E-state index contributed by atoms with van der Waals surface area (Å²) >= 11 is 11.8. The number of benzene rings is 2. The third kappa shape index (κ3) is 3.65. The normalized spacial score (nSPS) is 10.5. The summed E-state index contributed by atoms with van der Waals surface area (Å²) < 4.78 is 5.86. The van der Waals surface area contributed by atoms with Crippen LogP contribution in [-0.2, 0) is 12.5 Å². The molecular weight excluding hydrogens is 279 g/mol. The molecule has 0 atom stereocenters. The summed E-state index contributed by atoms with van der Waals surface area (Å²) in [6.45, 7) is 4.71. The molecule has 2 aromatic carbocycles. The van der Waals surface area contributed by atoms with E-state index in [2.05, 4.69) is 32.0 Å². The SMILES string of the molecule is Cc1ccc(C)c(COc2ccc(Cl)cc2CCl)c1. The average molecular weight is 295 g/mol. The van der Waals surface area contributed by atoms with Crippen molar-refractivity contribution < 1.29 is 4.74 Å². The molecule has 1 nitrogen and oxygen atoms in total. The molecule has 3 heteroatoms. The summed E-state index contributed by atoms with van der Waals surface area (Å²) in [5.74, 6) is 1.18. The smallest absolute Gasteiger partial charge is 0.124 e. The van der Waals surface area contributed by atoms with Crippen molar-refractivity contribution in [3.05, 3.63) is 63.7 Å². The summed E-state index contributed by atoms with van der Waals surface area (Å²) in [5, 5.41) is 0.676. The lowest BCUT2D eigenvalue weighted by atomic mass is 10.1. The molecule has 0 spiro atoms. The maximum absolute atomic E-state index is 5.94. The van der Waals surface area contributed by atoms with E-state index >= 15 is 0 Å². The number of rotatable bonds is 4. The van der Waals surface area contributed by atoms with Gasteiger partial charge in [0.15, 0.2) is 0 Å². The lowest BCUT2D eigenvalue weighted by Crippen LogP contribution is -2.00. The number of aryl methyl sites for hydroxylation is 2. The first kappa shape index (κ1) is 14.2. The van der Waals surface area contributed by atoms with E-state index in [-0.39, 0.29) is 0 Å². The molecule has 0 aromatic heterocycles. The van der Waals surface area contributed by atoms with Crippen molar-refractivity contribution in [3.63, 3.8) is 0 Å². The number of alkyl halides is 1. The summed E-state index contributed by atoms with van der Waals surface area (Å²) in [6, 6.07) is 11.9. The van der Waals surface area contributed by atoms with E-state index in [4.69, 9.17) is 27.9 Å². The van der Waals surface area contributed by atoms with E-state index in [1.807, 2.05) is 18.2 Å². The molecule has 0 unspecified atom stereocenters. The fraction of sp³-hybridized carbons (Fsp3) is 0.250. The van der Waals surface area contributed by atoms with Crippen molar-refractivity contribution in [1.29, 1.82) is 0 Å². The lowest BCUT2D eigenvalue weighted by Gasteiger charge is -2.12. The molecule has 0 heterocycles. The molecule has 0 aliphatic carbocycles. The Labute approximate surface area is 124 Å². The quantitative estimate of drug-likeness (QED) is 0.698. The maximum Gasteiger partial charge on any atom is 0.124 e. The second kappa shape index (κ2) is 6.31. The molecule has 2 aromatic rings. The Kier molecular flexibility index (Phi) is 4.73. The number of ether oxygens (including phenoxy) is 1. The molecule has 0 aliphatic heterocycles. The highest BCUT2D eigenvalue weighted by molar-refractivity contribution is 6.30. The van der Waals surface area contributed by atoms with Crippen LogP contribution in [0.1, 0.15) is 22.3 Å². The standard InChI is InChI=1S/C16H16Cl2O/c1-11-3-4-12(2)14(7-11)10-19-16-6-5-15(18)8-13(16)9-17/h3-8H,9-10H2,1-2H3. The van der Waals surface area contributed by atoms with Crippen molar-refractivity contribution in [2.24, 2.45) is 0 Å². The minimum absolute atomic E-state index is 0.392. The van der Waals surface area contributed by atoms with Gasteiger partial charge in [0.1, 0.15) is 12.4 Å². The van der Waals surface area contributed by atoms with E-state index in [0.717, 1.165) is 11.3 Å². The molecule has 0 radical (unpaired) electrons. The van der Waals surface area contributed by atoms with Gasteiger partial charge >= 0.3 is 0 Å². The highest BCUT2D eigenvalue weighted by Gasteiger charge is 2.05. The van der Waals surface area contributed by atoms with Crippen LogP contribution in [0.4, 0.5) is 0 Å². The van der Waals surface area contributed by atoms with Crippen LogP contribution in [0.25, 0.3) is 0 Å². The van der Waals surface area contributed by atoms with Crippen LogP contribution in [0.5, 0.6) is 5.75 Å². The Morgan fingerprint density at radius 3 is 2.53 bits per heavy atom. The van der Waals surface area contributed by atoms with Crippen LogP contribution < -0.4 is 4.74 Å². The first-order chi connectivity index (χ1) is 9.10. The summed E-state index contributed by atoms with van der Waals surface area (Å²) in [7, 11) is 0. The van der Waals surface area contributed by atoms with Crippen LogP contribution in [0, 0.1) is 13.8 Å². The average Bonchev–Trinajstić information content (AvgIpc) is 2.40. The molecule has 100 valence electrons. The Hall–Kier alpha value is -1.18. The largest absolute Gasteiger partial charge is 0.489 e. The van der Waals surface area contributed by atoms with E-state index in [1.165, 1.54) is 16.7 Å². The first-order valence-electron chi connectivity index (χ1n) is 6.13. The van der Waals surface area contributed by atoms with Gasteiger partial charge in [0, 0.05) is 10.6 Å². The fourth-order valence-electron chi connectivity index (χ4n) is 1.90. The zero-order valence-electron chi connectivity index (χ0n) is 11.0. The van der Waals surface area contributed by atoms with Crippen molar-refractivity contribution >= 4 is 23.2 Å². The van der Waals surface area contributed by atoms with Gasteiger partial charge in [-0.25, -0.2) is 0 Å². The highest BCUT2D eigenvalue weighted by atomic mass is 35.5. The molecule has 0 aliphatic rings. The van der Waals surface area contributed by atoms with Crippen molar-refractivity contribution in [2.75, 3.05) is 0 Å².